The molecule has 21 heteroatoms. The second kappa shape index (κ2) is 38.4. The number of nitrogens with one attached hydrogen (secondary N) is 4. The Morgan fingerprint density at radius 3 is 1.27 bits per heavy atom. The van der Waals surface area contributed by atoms with Crippen molar-refractivity contribution >= 4 is 34.6 Å². The second-order valence-electron chi connectivity index (χ2n) is 19.5. The number of para-hydroxylation sites is 1. The topological polar surface area (TPSA) is 240 Å². The minimum atomic E-state index is -1.18. The van der Waals surface area contributed by atoms with Crippen molar-refractivity contribution in [2.24, 2.45) is 0 Å². The lowest BCUT2D eigenvalue weighted by Crippen LogP contribution is -2.57. The van der Waals surface area contributed by atoms with Crippen molar-refractivity contribution in [2.45, 2.75) is 50.9 Å². The smallest absolute Gasteiger partial charge is 0.329 e. The van der Waals surface area contributed by atoms with Crippen molar-refractivity contribution in [3.63, 3.8) is 0 Å². The van der Waals surface area contributed by atoms with Gasteiger partial charge in [0.25, 0.3) is 0 Å². The Labute approximate surface area is 496 Å². The predicted octanol–water partition coefficient (Wildman–Crippen LogP) is 5.78. The van der Waals surface area contributed by atoms with E-state index in [2.05, 4.69) is 20.9 Å². The third-order valence-corrected chi connectivity index (χ3v) is 12.9. The first-order valence-corrected chi connectivity index (χ1v) is 28.8. The number of esters is 1. The van der Waals surface area contributed by atoms with E-state index in [1.807, 2.05) is 109 Å². The number of H-pyrrole nitrogens is 1. The maximum absolute atomic E-state index is 14.6. The van der Waals surface area contributed by atoms with Gasteiger partial charge in [-0.05, 0) is 52.6 Å². The molecule has 0 spiro atoms. The summed E-state index contributed by atoms with van der Waals surface area (Å²) in [5.74, 6) is -0.0888. The van der Waals surface area contributed by atoms with Crippen LogP contribution in [0.4, 0.5) is 0 Å². The lowest BCUT2D eigenvalue weighted by atomic mass is 10.0. The third kappa shape index (κ3) is 25.3. The van der Waals surface area contributed by atoms with Crippen LogP contribution in [0.3, 0.4) is 0 Å². The molecule has 0 aliphatic carbocycles. The fourth-order valence-electron chi connectivity index (χ4n) is 8.81. The Kier molecular flexibility index (Phi) is 29.3. The molecule has 3 amide bonds. The maximum atomic E-state index is 14.6. The summed E-state index contributed by atoms with van der Waals surface area (Å²) < 4.78 is 75.2. The van der Waals surface area contributed by atoms with Crippen LogP contribution in [0.15, 0.2) is 134 Å². The van der Waals surface area contributed by atoms with Gasteiger partial charge in [0.15, 0.2) is 0 Å². The van der Waals surface area contributed by atoms with Gasteiger partial charge in [-0.15, -0.1) is 0 Å². The molecule has 1 aliphatic rings. The molecule has 0 saturated heterocycles. The normalized spacial score (nSPS) is 16.8. The Balaban J connectivity index is 0.949. The molecule has 458 valence electrons. The molecule has 0 radical (unpaired) electrons. The van der Waals surface area contributed by atoms with Gasteiger partial charge in [0.05, 0.1) is 106 Å². The molecule has 21 nitrogen and oxygen atoms in total. The van der Waals surface area contributed by atoms with Crippen molar-refractivity contribution in [3.8, 4) is 23.0 Å². The van der Waals surface area contributed by atoms with Gasteiger partial charge in [0.1, 0.15) is 74.2 Å². The van der Waals surface area contributed by atoms with Gasteiger partial charge in [-0.1, -0.05) is 84.9 Å². The zero-order chi connectivity index (χ0) is 59.4. The molecule has 1 aromatic heterocycles. The highest BCUT2D eigenvalue weighted by Gasteiger charge is 2.31. The van der Waals surface area contributed by atoms with Crippen LogP contribution in [0.2, 0.25) is 0 Å². The Bertz CT molecular complexity index is 2810. The summed E-state index contributed by atoms with van der Waals surface area (Å²) in [6, 6.07) is 35.3. The highest BCUT2D eigenvalue weighted by atomic mass is 16.6. The summed E-state index contributed by atoms with van der Waals surface area (Å²) in [6.07, 6.45) is 2.12. The lowest BCUT2D eigenvalue weighted by Gasteiger charge is -2.25. The molecule has 4 bridgehead atoms. The van der Waals surface area contributed by atoms with E-state index >= 15 is 0 Å². The first kappa shape index (κ1) is 65.0. The average Bonchev–Trinajstić information content (AvgIpc) is 3.84. The minimum absolute atomic E-state index is 0.0794. The van der Waals surface area contributed by atoms with Crippen LogP contribution in [0.25, 0.3) is 10.9 Å². The van der Waals surface area contributed by atoms with E-state index in [-0.39, 0.29) is 52.3 Å². The van der Waals surface area contributed by atoms with Crippen LogP contribution in [-0.2, 0) is 87.7 Å². The van der Waals surface area contributed by atoms with E-state index in [1.54, 1.807) is 24.4 Å². The van der Waals surface area contributed by atoms with Crippen molar-refractivity contribution in [2.75, 3.05) is 132 Å². The first-order valence-electron chi connectivity index (χ1n) is 28.8. The van der Waals surface area contributed by atoms with Gasteiger partial charge in [0, 0.05) is 55.4 Å². The highest BCUT2D eigenvalue weighted by molar-refractivity contribution is 5.94. The zero-order valence-electron chi connectivity index (χ0n) is 48.3. The molecule has 7 rings (SSSR count). The zero-order valence-corrected chi connectivity index (χ0v) is 48.3. The highest BCUT2D eigenvalue weighted by Crippen LogP contribution is 2.25. The molecule has 1 aliphatic heterocycles. The summed E-state index contributed by atoms with van der Waals surface area (Å²) in [7, 11) is 0. The van der Waals surface area contributed by atoms with Crippen LogP contribution in [0.5, 0.6) is 23.0 Å². The number of carbonyl (C=O) groups is 4. The number of carbonyl (C=O) groups excluding carboxylic acids is 4. The van der Waals surface area contributed by atoms with Crippen LogP contribution in [0.1, 0.15) is 29.2 Å². The van der Waals surface area contributed by atoms with Gasteiger partial charge < -0.3 is 82.5 Å². The number of rotatable bonds is 14. The van der Waals surface area contributed by atoms with E-state index in [4.69, 9.17) is 61.6 Å². The van der Waals surface area contributed by atoms with E-state index in [1.165, 1.54) is 6.92 Å². The number of hydrogen-bond donors (Lipinski definition) is 4. The molecule has 6 aromatic rings. The second-order valence-corrected chi connectivity index (χ2v) is 19.5. The van der Waals surface area contributed by atoms with Crippen molar-refractivity contribution < 1.29 is 80.8 Å². The van der Waals surface area contributed by atoms with Crippen LogP contribution in [-0.4, -0.2) is 179 Å². The summed E-state index contributed by atoms with van der Waals surface area (Å²) >= 11 is 0. The number of aromatic nitrogens is 1. The molecule has 0 unspecified atom stereocenters. The van der Waals surface area contributed by atoms with Gasteiger partial charge in [-0.25, -0.2) is 4.79 Å². The van der Waals surface area contributed by atoms with Crippen LogP contribution < -0.4 is 34.9 Å². The van der Waals surface area contributed by atoms with Crippen LogP contribution in [0, 0.1) is 0 Å². The van der Waals surface area contributed by atoms with Crippen molar-refractivity contribution in [3.05, 3.63) is 156 Å². The van der Waals surface area contributed by atoms with Gasteiger partial charge in [-0.2, -0.15) is 0 Å². The molecule has 85 heavy (non-hydrogen) atoms. The Morgan fingerprint density at radius 1 is 0.412 bits per heavy atom. The summed E-state index contributed by atoms with van der Waals surface area (Å²) in [5, 5.41) is 9.47. The molecule has 5 aromatic carbocycles. The fraction of sp³-hybridized carbons (Fsp3) is 0.438. The molecular formula is C64H80N4O17. The lowest BCUT2D eigenvalue weighted by molar-refractivity contribution is -0.149. The number of hydrogen-bond acceptors (Lipinski definition) is 17. The van der Waals surface area contributed by atoms with Crippen LogP contribution >= 0.6 is 0 Å². The van der Waals surface area contributed by atoms with Gasteiger partial charge >= 0.3 is 5.97 Å². The van der Waals surface area contributed by atoms with E-state index < -0.39 is 41.8 Å². The maximum Gasteiger partial charge on any atom is 0.329 e. The van der Waals surface area contributed by atoms with E-state index in [0.29, 0.717) is 134 Å². The Morgan fingerprint density at radius 2 is 0.800 bits per heavy atom. The quantitative estimate of drug-likeness (QED) is 0.0946. The van der Waals surface area contributed by atoms with Crippen molar-refractivity contribution in [1.29, 1.82) is 0 Å². The molecular weight excluding hydrogens is 1100 g/mol. The Hall–Kier alpha value is -7.60. The molecule has 0 saturated carbocycles. The summed E-state index contributed by atoms with van der Waals surface area (Å²) in [4.78, 5) is 58.8. The number of benzene rings is 5. The standard InChI is InChI=1S/C64H80N4O17/c1-48(69)66-60(43-52-46-65-58-18-9-8-17-57(52)58)63(71)67-59(41-49-11-4-2-5-12-49)62(70)68-61(42-50-13-6-3-7-14-50)64(72)85-47-51-39-55-45-56(40-51)84-38-34-80-30-26-76-22-20-74-24-28-78-32-36-82-54-16-10-15-53(44-54)81-35-31-77-27-23-73-19-21-75-25-29-79-33-37-83-55/h2-18,39-40,44-46,59-61,65H,19-38,41-43,47H2,1H3,(H,66,69)(H,67,71)(H,68,70)/t59-,60-,61-/m0/s1. The monoisotopic (exact) mass is 1180 g/mol. The number of ether oxygens (including phenoxy) is 13. The largest absolute Gasteiger partial charge is 0.491 e. The fourth-order valence-corrected chi connectivity index (χ4v) is 8.81. The number of aromatic amines is 1. The van der Waals surface area contributed by atoms with E-state index in [0.717, 1.165) is 27.6 Å². The molecule has 4 N–H and O–H groups in total. The van der Waals surface area contributed by atoms with Gasteiger partial charge in [-0.3, -0.25) is 14.4 Å². The summed E-state index contributed by atoms with van der Waals surface area (Å²) in [5.41, 5.74) is 3.76. The van der Waals surface area contributed by atoms with Crippen molar-refractivity contribution in [1.82, 2.24) is 20.9 Å². The van der Waals surface area contributed by atoms with E-state index in [9.17, 15) is 19.2 Å². The predicted molar refractivity (Wildman–Crippen MR) is 315 cm³/mol. The molecule has 3 atom stereocenters. The SMILES string of the molecule is CC(=O)N[C@@H](Cc1c[nH]c2ccccc12)C(=O)N[C@@H](Cc1ccccc1)C(=O)N[C@@H](Cc1ccccc1)C(=O)OCc1cc2cc(c1)OCCOCCOCCOCCOCCOc1cccc(c1)OCCOCCOCCOCCOCCO2. The number of fused-ring (bicyclic) bond motifs is 5. The summed E-state index contributed by atoms with van der Waals surface area (Å²) in [6.45, 7) is 8.23. The number of amides is 3. The third-order valence-electron chi connectivity index (χ3n) is 12.9. The van der Waals surface area contributed by atoms with Gasteiger partial charge in [0.2, 0.25) is 17.7 Å². The average molecular weight is 1180 g/mol. The minimum Gasteiger partial charge on any atom is -0.491 e. The first-order chi connectivity index (χ1) is 41.8. The molecule has 2 heterocycles. The molecule has 0 fully saturated rings.